The van der Waals surface area contributed by atoms with Gasteiger partial charge in [-0.2, -0.15) is 0 Å². The van der Waals surface area contributed by atoms with Crippen molar-refractivity contribution in [3.8, 4) is 0 Å². The third-order valence-electron chi connectivity index (χ3n) is 2.65. The van der Waals surface area contributed by atoms with Gasteiger partial charge >= 0.3 is 5.97 Å². The SMILES string of the molecule is CC(=O)OC[C@@H]1CC=C[C@@H](c2ccccc2)O1. The summed E-state index contributed by atoms with van der Waals surface area (Å²) in [6.45, 7) is 1.73. The van der Waals surface area contributed by atoms with E-state index in [4.69, 9.17) is 9.47 Å². The lowest BCUT2D eigenvalue weighted by Crippen LogP contribution is -2.25. The smallest absolute Gasteiger partial charge is 0.302 e. The van der Waals surface area contributed by atoms with Crippen molar-refractivity contribution in [2.75, 3.05) is 6.61 Å². The molecule has 3 nitrogen and oxygen atoms in total. The molecule has 0 fully saturated rings. The van der Waals surface area contributed by atoms with Crippen LogP contribution in [0.15, 0.2) is 42.5 Å². The molecule has 2 rings (SSSR count). The van der Waals surface area contributed by atoms with E-state index >= 15 is 0 Å². The summed E-state index contributed by atoms with van der Waals surface area (Å²) in [7, 11) is 0. The molecule has 1 aliphatic heterocycles. The zero-order chi connectivity index (χ0) is 12.1. The summed E-state index contributed by atoms with van der Waals surface area (Å²) in [5, 5.41) is 0. The molecule has 3 heteroatoms. The molecule has 1 aromatic rings. The van der Waals surface area contributed by atoms with Crippen LogP contribution < -0.4 is 0 Å². The quantitative estimate of drug-likeness (QED) is 0.593. The maximum absolute atomic E-state index is 10.7. The van der Waals surface area contributed by atoms with Crippen LogP contribution in [-0.4, -0.2) is 18.7 Å². The maximum Gasteiger partial charge on any atom is 0.302 e. The van der Waals surface area contributed by atoms with Crippen molar-refractivity contribution in [2.24, 2.45) is 0 Å². The molecule has 0 N–H and O–H groups in total. The number of hydrogen-bond acceptors (Lipinski definition) is 3. The van der Waals surface area contributed by atoms with Gasteiger partial charge in [0.2, 0.25) is 0 Å². The van der Waals surface area contributed by atoms with E-state index < -0.39 is 0 Å². The van der Waals surface area contributed by atoms with Crippen LogP contribution in [0, 0.1) is 0 Å². The highest BCUT2D eigenvalue weighted by molar-refractivity contribution is 5.65. The number of carbonyl (C=O) groups excluding carboxylic acids is 1. The van der Waals surface area contributed by atoms with Gasteiger partial charge in [-0.25, -0.2) is 0 Å². The highest BCUT2D eigenvalue weighted by Crippen LogP contribution is 2.25. The third kappa shape index (κ3) is 3.43. The topological polar surface area (TPSA) is 35.5 Å². The summed E-state index contributed by atoms with van der Waals surface area (Å²) >= 11 is 0. The molecule has 1 heterocycles. The van der Waals surface area contributed by atoms with Crippen molar-refractivity contribution in [2.45, 2.75) is 25.6 Å². The number of carbonyl (C=O) groups is 1. The van der Waals surface area contributed by atoms with E-state index in [0.29, 0.717) is 6.61 Å². The molecular formula is C14H16O3. The molecule has 0 unspecified atom stereocenters. The van der Waals surface area contributed by atoms with Gasteiger partial charge in [-0.3, -0.25) is 4.79 Å². The van der Waals surface area contributed by atoms with E-state index in [1.807, 2.05) is 36.4 Å². The van der Waals surface area contributed by atoms with Crippen molar-refractivity contribution >= 4 is 5.97 Å². The second kappa shape index (κ2) is 5.64. The minimum Gasteiger partial charge on any atom is -0.463 e. The monoisotopic (exact) mass is 232 g/mol. The fourth-order valence-electron chi connectivity index (χ4n) is 1.81. The Morgan fingerprint density at radius 3 is 2.88 bits per heavy atom. The van der Waals surface area contributed by atoms with Crippen LogP contribution in [0.1, 0.15) is 25.0 Å². The molecule has 1 aromatic carbocycles. The molecule has 0 aromatic heterocycles. The Morgan fingerprint density at radius 1 is 1.41 bits per heavy atom. The van der Waals surface area contributed by atoms with E-state index in [1.165, 1.54) is 6.92 Å². The van der Waals surface area contributed by atoms with Gasteiger partial charge in [0, 0.05) is 6.92 Å². The second-order valence-electron chi connectivity index (χ2n) is 4.06. The molecule has 1 aliphatic rings. The molecule has 0 aliphatic carbocycles. The predicted octanol–water partition coefficient (Wildman–Crippen LogP) is 2.64. The molecule has 0 spiro atoms. The average Bonchev–Trinajstić information content (AvgIpc) is 2.38. The van der Waals surface area contributed by atoms with Crippen molar-refractivity contribution < 1.29 is 14.3 Å². The molecule has 0 saturated heterocycles. The Bertz CT molecular complexity index is 397. The van der Waals surface area contributed by atoms with Crippen molar-refractivity contribution in [1.29, 1.82) is 0 Å². The first-order valence-electron chi connectivity index (χ1n) is 5.76. The van der Waals surface area contributed by atoms with Crippen molar-refractivity contribution in [3.05, 3.63) is 48.0 Å². The minimum atomic E-state index is -0.264. The van der Waals surface area contributed by atoms with Gasteiger partial charge in [0.1, 0.15) is 12.7 Å². The van der Waals surface area contributed by atoms with E-state index in [1.54, 1.807) is 0 Å². The number of rotatable bonds is 3. The number of hydrogen-bond donors (Lipinski definition) is 0. The lowest BCUT2D eigenvalue weighted by Gasteiger charge is -2.25. The number of esters is 1. The van der Waals surface area contributed by atoms with Gasteiger partial charge < -0.3 is 9.47 Å². The van der Waals surface area contributed by atoms with Crippen LogP contribution in [0.2, 0.25) is 0 Å². The zero-order valence-corrected chi connectivity index (χ0v) is 9.84. The van der Waals surface area contributed by atoms with Gasteiger partial charge in [0.25, 0.3) is 0 Å². The van der Waals surface area contributed by atoms with Gasteiger partial charge in [-0.15, -0.1) is 0 Å². The van der Waals surface area contributed by atoms with Gasteiger partial charge in [0.05, 0.1) is 6.10 Å². The predicted molar refractivity (Wildman–Crippen MR) is 64.4 cm³/mol. The Kier molecular flexibility index (Phi) is 3.94. The molecule has 0 amide bonds. The van der Waals surface area contributed by atoms with Crippen LogP contribution >= 0.6 is 0 Å². The third-order valence-corrected chi connectivity index (χ3v) is 2.65. The Hall–Kier alpha value is -1.61. The van der Waals surface area contributed by atoms with Crippen LogP contribution in [0.4, 0.5) is 0 Å². The summed E-state index contributed by atoms with van der Waals surface area (Å²) in [5.41, 5.74) is 1.12. The van der Waals surface area contributed by atoms with Gasteiger partial charge in [0.15, 0.2) is 0 Å². The summed E-state index contributed by atoms with van der Waals surface area (Å²) in [4.78, 5) is 10.7. The summed E-state index contributed by atoms with van der Waals surface area (Å²) in [5.74, 6) is -0.264. The minimum absolute atomic E-state index is 0.0366. The average molecular weight is 232 g/mol. The number of benzene rings is 1. The fourth-order valence-corrected chi connectivity index (χ4v) is 1.81. The maximum atomic E-state index is 10.7. The van der Waals surface area contributed by atoms with Crippen LogP contribution in [0.25, 0.3) is 0 Å². The summed E-state index contributed by atoms with van der Waals surface area (Å²) in [6, 6.07) is 10.0. The molecule has 2 atom stereocenters. The summed E-state index contributed by atoms with van der Waals surface area (Å²) < 4.78 is 10.8. The highest BCUT2D eigenvalue weighted by atomic mass is 16.6. The van der Waals surface area contributed by atoms with Crippen LogP contribution in [0.3, 0.4) is 0 Å². The number of ether oxygens (including phenoxy) is 2. The van der Waals surface area contributed by atoms with Crippen LogP contribution in [0.5, 0.6) is 0 Å². The first kappa shape index (κ1) is 11.9. The zero-order valence-electron chi connectivity index (χ0n) is 9.84. The van der Waals surface area contributed by atoms with E-state index in [0.717, 1.165) is 12.0 Å². The van der Waals surface area contributed by atoms with Gasteiger partial charge in [-0.1, -0.05) is 42.5 Å². The van der Waals surface area contributed by atoms with Crippen molar-refractivity contribution in [1.82, 2.24) is 0 Å². The lowest BCUT2D eigenvalue weighted by atomic mass is 10.1. The molecule has 17 heavy (non-hydrogen) atoms. The fraction of sp³-hybridized carbons (Fsp3) is 0.357. The van der Waals surface area contributed by atoms with E-state index in [9.17, 15) is 4.79 Å². The first-order valence-corrected chi connectivity index (χ1v) is 5.76. The Balaban J connectivity index is 1.96. The Morgan fingerprint density at radius 2 is 2.18 bits per heavy atom. The van der Waals surface area contributed by atoms with E-state index in [2.05, 4.69) is 6.08 Å². The van der Waals surface area contributed by atoms with Gasteiger partial charge in [-0.05, 0) is 12.0 Å². The normalized spacial score (nSPS) is 23.4. The molecule has 0 radical (unpaired) electrons. The Labute approximate surface area is 101 Å². The van der Waals surface area contributed by atoms with Crippen molar-refractivity contribution in [3.63, 3.8) is 0 Å². The summed E-state index contributed by atoms with van der Waals surface area (Å²) in [6.07, 6.45) is 4.82. The molecular weight excluding hydrogens is 216 g/mol. The standard InChI is InChI=1S/C14H16O3/c1-11(15)16-10-13-8-5-9-14(17-13)12-6-3-2-4-7-12/h2-7,9,13-14H,8,10H2,1H3/t13-,14-/m0/s1. The van der Waals surface area contributed by atoms with E-state index in [-0.39, 0.29) is 18.2 Å². The lowest BCUT2D eigenvalue weighted by molar-refractivity contribution is -0.146. The molecule has 0 saturated carbocycles. The second-order valence-corrected chi connectivity index (χ2v) is 4.06. The molecule has 90 valence electrons. The largest absolute Gasteiger partial charge is 0.463 e. The van der Waals surface area contributed by atoms with Crippen LogP contribution in [-0.2, 0) is 14.3 Å². The first-order chi connectivity index (χ1) is 8.25. The highest BCUT2D eigenvalue weighted by Gasteiger charge is 2.20. The molecule has 0 bridgehead atoms.